The largest absolute Gasteiger partial charge is 0.310 e. The van der Waals surface area contributed by atoms with Crippen LogP contribution in [0.15, 0.2) is 42.9 Å². The Morgan fingerprint density at radius 3 is 2.53 bits per heavy atom. The molecule has 7 heteroatoms. The highest BCUT2D eigenvalue weighted by Gasteiger charge is 2.26. The first-order chi connectivity index (χ1) is 15.2. The van der Waals surface area contributed by atoms with Crippen molar-refractivity contribution < 1.29 is 4.79 Å². The molecule has 0 spiro atoms. The van der Waals surface area contributed by atoms with Crippen molar-refractivity contribution in [2.75, 3.05) is 18.4 Å². The van der Waals surface area contributed by atoms with E-state index in [-0.39, 0.29) is 5.91 Å². The van der Waals surface area contributed by atoms with Gasteiger partial charge in [0.15, 0.2) is 0 Å². The number of aromatic nitrogens is 4. The number of carbonyl (C=O) groups is 1. The summed E-state index contributed by atoms with van der Waals surface area (Å²) >= 11 is 0. The van der Waals surface area contributed by atoms with E-state index >= 15 is 0 Å². The van der Waals surface area contributed by atoms with Crippen LogP contribution in [-0.2, 0) is 11.3 Å². The molecule has 0 aliphatic carbocycles. The lowest BCUT2D eigenvalue weighted by Gasteiger charge is -2.33. The van der Waals surface area contributed by atoms with Crippen LogP contribution in [0.5, 0.6) is 0 Å². The lowest BCUT2D eigenvalue weighted by molar-refractivity contribution is -0.123. The number of nitrogens with one attached hydrogen (secondary N) is 1. The highest BCUT2D eigenvalue weighted by molar-refractivity contribution is 5.93. The van der Waals surface area contributed by atoms with E-state index in [1.807, 2.05) is 54.7 Å². The number of benzene rings is 1. The third kappa shape index (κ3) is 4.78. The van der Waals surface area contributed by atoms with Crippen LogP contribution in [0.25, 0.3) is 5.69 Å². The van der Waals surface area contributed by atoms with Gasteiger partial charge in [-0.25, -0.2) is 9.36 Å². The van der Waals surface area contributed by atoms with E-state index in [0.29, 0.717) is 6.04 Å². The van der Waals surface area contributed by atoms with Crippen molar-refractivity contribution in [1.82, 2.24) is 24.5 Å². The fourth-order valence-electron chi connectivity index (χ4n) is 4.35. The lowest BCUT2D eigenvalue weighted by Crippen LogP contribution is -2.36. The maximum Gasteiger partial charge on any atom is 0.230 e. The van der Waals surface area contributed by atoms with E-state index in [0.717, 1.165) is 44.0 Å². The van der Waals surface area contributed by atoms with Crippen molar-refractivity contribution in [1.29, 1.82) is 0 Å². The third-order valence-corrected chi connectivity index (χ3v) is 6.22. The molecule has 3 aromatic rings. The zero-order valence-electron chi connectivity index (χ0n) is 19.8. The van der Waals surface area contributed by atoms with Gasteiger partial charge in [-0.15, -0.1) is 0 Å². The first-order valence-electron chi connectivity index (χ1n) is 11.4. The highest BCUT2D eigenvalue weighted by Crippen LogP contribution is 2.29. The van der Waals surface area contributed by atoms with Crippen molar-refractivity contribution in [3.63, 3.8) is 0 Å². The molecule has 1 aromatic carbocycles. The quantitative estimate of drug-likeness (QED) is 0.642. The van der Waals surface area contributed by atoms with Crippen LogP contribution < -0.4 is 5.32 Å². The summed E-state index contributed by atoms with van der Waals surface area (Å²) in [6.07, 6.45) is 7.61. The minimum absolute atomic E-state index is 0.0117. The molecule has 170 valence electrons. The van der Waals surface area contributed by atoms with Gasteiger partial charge in [-0.1, -0.05) is 26.8 Å². The predicted molar refractivity (Wildman–Crippen MR) is 127 cm³/mol. The molecule has 32 heavy (non-hydrogen) atoms. The van der Waals surface area contributed by atoms with Gasteiger partial charge in [-0.3, -0.25) is 9.69 Å². The molecule has 1 aliphatic rings. The number of nitrogens with zero attached hydrogens (tertiary/aromatic N) is 5. The minimum atomic E-state index is -0.434. The smallest absolute Gasteiger partial charge is 0.230 e. The van der Waals surface area contributed by atoms with E-state index < -0.39 is 5.41 Å². The van der Waals surface area contributed by atoms with Gasteiger partial charge in [0.05, 0.1) is 17.9 Å². The second-order valence-corrected chi connectivity index (χ2v) is 9.90. The Balaban J connectivity index is 1.44. The average Bonchev–Trinajstić information content (AvgIpc) is 3.42. The molecule has 1 saturated heterocycles. The highest BCUT2D eigenvalue weighted by atomic mass is 16.2. The summed E-state index contributed by atoms with van der Waals surface area (Å²) in [7, 11) is 0. The van der Waals surface area contributed by atoms with Gasteiger partial charge < -0.3 is 5.32 Å². The summed E-state index contributed by atoms with van der Waals surface area (Å²) in [5, 5.41) is 12.1. The number of likely N-dealkylation sites (tertiary alicyclic amines) is 1. The van der Waals surface area contributed by atoms with Crippen LogP contribution >= 0.6 is 0 Å². The molecule has 0 bridgehead atoms. The summed E-state index contributed by atoms with van der Waals surface area (Å²) in [6, 6.07) is 8.62. The van der Waals surface area contributed by atoms with Crippen molar-refractivity contribution in [2.24, 2.45) is 5.41 Å². The summed E-state index contributed by atoms with van der Waals surface area (Å²) in [5.74, 6) is 0.802. The molecule has 0 unspecified atom stereocenters. The maximum atomic E-state index is 12.4. The van der Waals surface area contributed by atoms with Crippen molar-refractivity contribution in [2.45, 2.75) is 60.0 Å². The average molecular weight is 435 g/mol. The van der Waals surface area contributed by atoms with Gasteiger partial charge in [0.25, 0.3) is 0 Å². The number of carbonyl (C=O) groups excluding carboxylic acids is 1. The van der Waals surface area contributed by atoms with Crippen molar-refractivity contribution >= 4 is 11.7 Å². The fourth-order valence-corrected chi connectivity index (χ4v) is 4.35. The van der Waals surface area contributed by atoms with Gasteiger partial charge >= 0.3 is 0 Å². The zero-order valence-corrected chi connectivity index (χ0v) is 19.8. The Morgan fingerprint density at radius 2 is 1.88 bits per heavy atom. The molecule has 0 saturated carbocycles. The molecular formula is C25H34N6O. The molecule has 1 N–H and O–H groups in total. The predicted octanol–water partition coefficient (Wildman–Crippen LogP) is 4.51. The van der Waals surface area contributed by atoms with Crippen LogP contribution in [0, 0.1) is 19.3 Å². The SMILES string of the molecule is Cc1cc(C)c(CN2CCC(n3nccc3NC(=O)C(C)(C)C)CC2)c(-n2cccn2)c1. The molecule has 1 fully saturated rings. The Labute approximate surface area is 190 Å². The Bertz CT molecular complexity index is 1070. The number of hydrogen-bond acceptors (Lipinski definition) is 4. The van der Waals surface area contributed by atoms with Crippen LogP contribution in [0.3, 0.4) is 0 Å². The first kappa shape index (κ1) is 22.3. The van der Waals surface area contributed by atoms with Crippen LogP contribution in [0.1, 0.15) is 56.3 Å². The molecule has 3 heterocycles. The van der Waals surface area contributed by atoms with Crippen LogP contribution in [-0.4, -0.2) is 43.5 Å². The van der Waals surface area contributed by atoms with Gasteiger partial charge in [-0.05, 0) is 55.5 Å². The maximum absolute atomic E-state index is 12.4. The Kier molecular flexibility index (Phi) is 6.20. The van der Waals surface area contributed by atoms with E-state index in [9.17, 15) is 4.79 Å². The Morgan fingerprint density at radius 1 is 1.12 bits per heavy atom. The summed E-state index contributed by atoms with van der Waals surface area (Å²) in [6.45, 7) is 13.0. The number of piperidine rings is 1. The van der Waals surface area contributed by atoms with Crippen LogP contribution in [0.2, 0.25) is 0 Å². The molecule has 4 rings (SSSR count). The topological polar surface area (TPSA) is 68.0 Å². The molecule has 2 aromatic heterocycles. The minimum Gasteiger partial charge on any atom is -0.310 e. The summed E-state index contributed by atoms with van der Waals surface area (Å²) < 4.78 is 3.96. The third-order valence-electron chi connectivity index (χ3n) is 6.22. The number of aryl methyl sites for hydroxylation is 2. The standard InChI is InChI=1S/C25H34N6O/c1-18-15-19(2)21(22(16-18)30-12-6-10-26-30)17-29-13-8-20(9-14-29)31-23(7-11-27-31)28-24(32)25(3,4)5/h6-7,10-12,15-16,20H,8-9,13-14,17H2,1-5H3,(H,28,32). The normalized spacial score (nSPS) is 15.8. The van der Waals surface area contributed by atoms with Crippen LogP contribution in [0.4, 0.5) is 5.82 Å². The summed E-state index contributed by atoms with van der Waals surface area (Å²) in [4.78, 5) is 15.0. The molecular weight excluding hydrogens is 400 g/mol. The number of anilines is 1. The van der Waals surface area contributed by atoms with Gasteiger partial charge in [0, 0.05) is 43.5 Å². The fraction of sp³-hybridized carbons (Fsp3) is 0.480. The first-order valence-corrected chi connectivity index (χ1v) is 11.4. The molecule has 7 nitrogen and oxygen atoms in total. The van der Waals surface area contributed by atoms with Crippen molar-refractivity contribution in [3.8, 4) is 5.69 Å². The van der Waals surface area contributed by atoms with Gasteiger partial charge in [0.1, 0.15) is 5.82 Å². The monoisotopic (exact) mass is 434 g/mol. The van der Waals surface area contributed by atoms with Gasteiger partial charge in [0.2, 0.25) is 5.91 Å². The van der Waals surface area contributed by atoms with E-state index in [4.69, 9.17) is 0 Å². The molecule has 1 aliphatic heterocycles. The molecule has 0 radical (unpaired) electrons. The molecule has 1 amide bonds. The number of rotatable bonds is 5. The zero-order chi connectivity index (χ0) is 22.9. The lowest BCUT2D eigenvalue weighted by atomic mass is 9.96. The van der Waals surface area contributed by atoms with Gasteiger partial charge in [-0.2, -0.15) is 10.2 Å². The van der Waals surface area contributed by atoms with E-state index in [1.54, 1.807) is 6.20 Å². The Hall–Kier alpha value is -2.93. The number of hydrogen-bond donors (Lipinski definition) is 1. The van der Waals surface area contributed by atoms with E-state index in [2.05, 4.69) is 46.4 Å². The summed E-state index contributed by atoms with van der Waals surface area (Å²) in [5.41, 5.74) is 4.61. The second kappa shape index (κ2) is 8.90. The number of amides is 1. The second-order valence-electron chi connectivity index (χ2n) is 9.90. The van der Waals surface area contributed by atoms with E-state index in [1.165, 1.54) is 16.7 Å². The van der Waals surface area contributed by atoms with Crippen molar-refractivity contribution in [3.05, 3.63) is 59.5 Å². The molecule has 0 atom stereocenters.